The fourth-order valence-corrected chi connectivity index (χ4v) is 6.68. The van der Waals surface area contributed by atoms with Crippen LogP contribution in [0.1, 0.15) is 38.8 Å². The Bertz CT molecular complexity index is 1430. The van der Waals surface area contributed by atoms with Gasteiger partial charge >= 0.3 is 12.4 Å². The summed E-state index contributed by atoms with van der Waals surface area (Å²) >= 11 is 2.69. The van der Waals surface area contributed by atoms with Gasteiger partial charge in [-0.05, 0) is 48.9 Å². The number of hydrogen-bond donors (Lipinski definition) is 1. The number of carbonyl (C=O) groups excluding carboxylic acids is 1. The van der Waals surface area contributed by atoms with E-state index in [9.17, 15) is 31.1 Å². The van der Waals surface area contributed by atoms with Gasteiger partial charge in [0.2, 0.25) is 0 Å². The van der Waals surface area contributed by atoms with E-state index in [1.165, 1.54) is 22.7 Å². The molecule has 0 saturated heterocycles. The predicted octanol–water partition coefficient (Wildman–Crippen LogP) is 8.11. The number of aromatic nitrogens is 1. The number of thiazole rings is 1. The molecule has 1 N–H and O–H groups in total. The van der Waals surface area contributed by atoms with Crippen LogP contribution in [-0.2, 0) is 25.3 Å². The second-order valence-electron chi connectivity index (χ2n) is 8.56. The van der Waals surface area contributed by atoms with Gasteiger partial charge in [-0.2, -0.15) is 26.3 Å². The number of para-hydroxylation sites is 1. The van der Waals surface area contributed by atoms with Crippen molar-refractivity contribution in [3.05, 3.63) is 69.6 Å². The molecule has 38 heavy (non-hydrogen) atoms. The van der Waals surface area contributed by atoms with Crippen LogP contribution in [-0.4, -0.2) is 28.9 Å². The quantitative estimate of drug-likeness (QED) is 0.244. The van der Waals surface area contributed by atoms with Gasteiger partial charge in [0.15, 0.2) is 0 Å². The van der Waals surface area contributed by atoms with Crippen LogP contribution >= 0.6 is 35.1 Å². The zero-order valence-electron chi connectivity index (χ0n) is 19.7. The van der Waals surface area contributed by atoms with E-state index in [1.807, 2.05) is 31.2 Å². The second kappa shape index (κ2) is 10.5. The summed E-state index contributed by atoms with van der Waals surface area (Å²) in [7, 11) is 0. The molecule has 0 atom stereocenters. The molecule has 1 aliphatic heterocycles. The van der Waals surface area contributed by atoms with Gasteiger partial charge in [0, 0.05) is 29.1 Å². The van der Waals surface area contributed by atoms with Crippen LogP contribution in [0.4, 0.5) is 31.3 Å². The van der Waals surface area contributed by atoms with E-state index in [0.29, 0.717) is 40.7 Å². The third-order valence-electron chi connectivity index (χ3n) is 6.17. The van der Waals surface area contributed by atoms with Gasteiger partial charge in [0.05, 0.1) is 21.3 Å². The van der Waals surface area contributed by atoms with Gasteiger partial charge in [0.25, 0.3) is 5.91 Å². The fourth-order valence-electron chi connectivity index (χ4n) is 4.28. The number of hydrogen-bond acceptors (Lipinski definition) is 5. The third kappa shape index (κ3) is 5.54. The monoisotopic (exact) mass is 591 g/mol. The highest BCUT2D eigenvalue weighted by molar-refractivity contribution is 7.23. The Labute approximate surface area is 227 Å². The number of halogens is 7. The fraction of sp³-hybridized carbons (Fsp3) is 0.280. The van der Waals surface area contributed by atoms with E-state index < -0.39 is 35.0 Å². The normalized spacial score (nSPS) is 14.3. The third-order valence-corrected chi connectivity index (χ3v) is 8.35. The Hall–Kier alpha value is -2.67. The lowest BCUT2D eigenvalue weighted by atomic mass is 10.0. The first-order chi connectivity index (χ1) is 17.4. The zero-order valence-corrected chi connectivity index (χ0v) is 22.1. The summed E-state index contributed by atoms with van der Waals surface area (Å²) in [6, 6.07) is 8.37. The molecule has 2 aromatic heterocycles. The second-order valence-corrected chi connectivity index (χ2v) is 10.7. The summed E-state index contributed by atoms with van der Waals surface area (Å²) in [5.41, 5.74) is -1.37. The minimum atomic E-state index is -5.05. The molecule has 1 amide bonds. The first kappa shape index (κ1) is 28.3. The Morgan fingerprint density at radius 2 is 1.68 bits per heavy atom. The van der Waals surface area contributed by atoms with Crippen molar-refractivity contribution >= 4 is 56.2 Å². The van der Waals surface area contributed by atoms with Crippen LogP contribution in [0.3, 0.4) is 0 Å². The van der Waals surface area contributed by atoms with Gasteiger partial charge < -0.3 is 5.32 Å². The summed E-state index contributed by atoms with van der Waals surface area (Å²) in [6.45, 7) is 4.27. The molecule has 5 rings (SSSR count). The summed E-state index contributed by atoms with van der Waals surface area (Å²) in [4.78, 5) is 21.0. The van der Waals surface area contributed by atoms with E-state index in [4.69, 9.17) is 4.98 Å². The van der Waals surface area contributed by atoms with E-state index in [0.717, 1.165) is 33.7 Å². The number of likely N-dealkylation sites (N-methyl/N-ethyl adjacent to an activating group) is 1. The van der Waals surface area contributed by atoms with Crippen molar-refractivity contribution < 1.29 is 31.1 Å². The number of nitrogens with one attached hydrogen (secondary N) is 1. The number of benzene rings is 2. The maximum atomic E-state index is 13.3. The van der Waals surface area contributed by atoms with Crippen molar-refractivity contribution in [1.82, 2.24) is 9.88 Å². The van der Waals surface area contributed by atoms with Crippen LogP contribution < -0.4 is 5.32 Å². The molecule has 1 aliphatic rings. The first-order valence-electron chi connectivity index (χ1n) is 11.3. The van der Waals surface area contributed by atoms with Crippen molar-refractivity contribution in [2.75, 3.05) is 18.4 Å². The number of nitrogens with zero attached hydrogens (tertiary/aromatic N) is 2. The molecule has 0 saturated carbocycles. The molecular formula is C25H20ClF6N3OS2. The maximum Gasteiger partial charge on any atom is 0.416 e. The van der Waals surface area contributed by atoms with E-state index >= 15 is 0 Å². The molecule has 4 aromatic rings. The smallest absolute Gasteiger partial charge is 0.313 e. The largest absolute Gasteiger partial charge is 0.416 e. The molecule has 13 heteroatoms. The number of carbonyl (C=O) groups is 1. The highest BCUT2D eigenvalue weighted by atomic mass is 35.5. The Balaban J connectivity index is 0.00000336. The molecule has 202 valence electrons. The molecule has 3 heterocycles. The molecule has 4 nitrogen and oxygen atoms in total. The van der Waals surface area contributed by atoms with Crippen molar-refractivity contribution in [3.8, 4) is 10.6 Å². The lowest BCUT2D eigenvalue weighted by Crippen LogP contribution is -2.29. The highest BCUT2D eigenvalue weighted by Gasteiger charge is 2.38. The van der Waals surface area contributed by atoms with Crippen LogP contribution in [0.2, 0.25) is 0 Å². The predicted molar refractivity (Wildman–Crippen MR) is 139 cm³/mol. The average Bonchev–Trinajstić information content (AvgIpc) is 3.42. The molecule has 0 fully saturated rings. The van der Waals surface area contributed by atoms with E-state index in [-0.39, 0.29) is 18.5 Å². The number of fused-ring (bicyclic) bond motifs is 2. The van der Waals surface area contributed by atoms with Gasteiger partial charge in [-0.3, -0.25) is 9.69 Å². The van der Waals surface area contributed by atoms with Gasteiger partial charge in [-0.1, -0.05) is 19.1 Å². The number of alkyl halides is 6. The summed E-state index contributed by atoms with van der Waals surface area (Å²) in [5, 5.41) is 3.61. The lowest BCUT2D eigenvalue weighted by Gasteiger charge is -2.25. The molecule has 2 aromatic carbocycles. The van der Waals surface area contributed by atoms with Crippen molar-refractivity contribution in [3.63, 3.8) is 0 Å². The van der Waals surface area contributed by atoms with Gasteiger partial charge in [-0.15, -0.1) is 35.1 Å². The lowest BCUT2D eigenvalue weighted by molar-refractivity contribution is -0.143. The average molecular weight is 592 g/mol. The molecule has 0 radical (unpaired) electrons. The van der Waals surface area contributed by atoms with Crippen LogP contribution in [0, 0.1) is 0 Å². The zero-order chi connectivity index (χ0) is 26.5. The molecule has 0 spiro atoms. The van der Waals surface area contributed by atoms with Crippen molar-refractivity contribution in [1.29, 1.82) is 0 Å². The standard InChI is InChI=1S/C25H19F6N3OS2.ClH/c1-2-34-8-7-16-19(12-34)37-23(20(16)22-32-17-5-3-4-6-18(17)36-22)33-21(35)13-9-14(24(26,27)28)11-15(10-13)25(29,30)31;/h3-6,9-11H,2,7-8,12H2,1H3,(H,33,35);1H. The number of anilines is 1. The number of rotatable bonds is 4. The number of amides is 1. The topological polar surface area (TPSA) is 45.2 Å². The van der Waals surface area contributed by atoms with Gasteiger partial charge in [0.1, 0.15) is 10.0 Å². The van der Waals surface area contributed by atoms with Gasteiger partial charge in [-0.25, -0.2) is 4.98 Å². The Morgan fingerprint density at radius 3 is 2.29 bits per heavy atom. The minimum Gasteiger partial charge on any atom is -0.313 e. The molecular weight excluding hydrogens is 572 g/mol. The maximum absolute atomic E-state index is 13.3. The highest BCUT2D eigenvalue weighted by Crippen LogP contribution is 2.46. The summed E-state index contributed by atoms with van der Waals surface area (Å²) in [5.74, 6) is -1.05. The summed E-state index contributed by atoms with van der Waals surface area (Å²) in [6.07, 6.45) is -9.41. The minimum absolute atomic E-state index is 0. The van der Waals surface area contributed by atoms with Crippen molar-refractivity contribution in [2.24, 2.45) is 0 Å². The Kier molecular flexibility index (Phi) is 7.81. The van der Waals surface area contributed by atoms with Crippen LogP contribution in [0.25, 0.3) is 20.8 Å². The van der Waals surface area contributed by atoms with Crippen LogP contribution in [0.15, 0.2) is 42.5 Å². The van der Waals surface area contributed by atoms with Crippen molar-refractivity contribution in [2.45, 2.75) is 32.2 Å². The molecule has 0 aliphatic carbocycles. The molecule has 0 bridgehead atoms. The van der Waals surface area contributed by atoms with E-state index in [1.54, 1.807) is 0 Å². The number of thiophene rings is 1. The van der Waals surface area contributed by atoms with E-state index in [2.05, 4.69) is 10.2 Å². The Morgan fingerprint density at radius 1 is 1.03 bits per heavy atom. The molecule has 0 unspecified atom stereocenters. The first-order valence-corrected chi connectivity index (χ1v) is 12.9. The van der Waals surface area contributed by atoms with Crippen LogP contribution in [0.5, 0.6) is 0 Å². The summed E-state index contributed by atoms with van der Waals surface area (Å²) < 4.78 is 80.9. The SMILES string of the molecule is CCN1CCc2c(sc(NC(=O)c3cc(C(F)(F)F)cc(C(F)(F)F)c3)c2-c2nc3ccccc3s2)C1.Cl.